The van der Waals surface area contributed by atoms with Crippen LogP contribution in [0.3, 0.4) is 0 Å². The lowest BCUT2D eigenvalue weighted by atomic mass is 10.0. The summed E-state index contributed by atoms with van der Waals surface area (Å²) in [5.41, 5.74) is 7.16. The van der Waals surface area contributed by atoms with Crippen molar-refractivity contribution in [3.05, 3.63) is 24.2 Å². The Morgan fingerprint density at radius 2 is 2.43 bits per heavy atom. The molecule has 0 saturated heterocycles. The number of furan rings is 1. The van der Waals surface area contributed by atoms with E-state index in [2.05, 4.69) is 0 Å². The van der Waals surface area contributed by atoms with Gasteiger partial charge in [0, 0.05) is 12.2 Å². The zero-order valence-electron chi connectivity index (χ0n) is 8.48. The van der Waals surface area contributed by atoms with E-state index in [0.29, 0.717) is 5.92 Å². The third-order valence-electron chi connectivity index (χ3n) is 2.73. The van der Waals surface area contributed by atoms with E-state index in [1.54, 1.807) is 12.5 Å². The van der Waals surface area contributed by atoms with Gasteiger partial charge in [-0.15, -0.1) is 0 Å². The first-order valence-corrected chi connectivity index (χ1v) is 5.22. The molecule has 0 amide bonds. The molecule has 2 rings (SSSR count). The lowest BCUT2D eigenvalue weighted by Crippen LogP contribution is -2.30. The molecule has 1 aromatic heterocycles. The van der Waals surface area contributed by atoms with Gasteiger partial charge in [0.15, 0.2) is 0 Å². The van der Waals surface area contributed by atoms with Crippen molar-refractivity contribution in [3.8, 4) is 0 Å². The zero-order valence-corrected chi connectivity index (χ0v) is 8.48. The van der Waals surface area contributed by atoms with Crippen molar-refractivity contribution in [1.29, 1.82) is 0 Å². The Morgan fingerprint density at radius 3 is 2.93 bits per heavy atom. The highest BCUT2D eigenvalue weighted by Crippen LogP contribution is 2.39. The first kappa shape index (κ1) is 9.74. The van der Waals surface area contributed by atoms with Crippen molar-refractivity contribution >= 4 is 0 Å². The molecule has 3 heteroatoms. The molecular weight excluding hydrogens is 178 g/mol. The van der Waals surface area contributed by atoms with Crippen molar-refractivity contribution in [3.63, 3.8) is 0 Å². The highest BCUT2D eigenvalue weighted by atomic mass is 16.5. The second-order valence-corrected chi connectivity index (χ2v) is 3.84. The number of rotatable bonds is 5. The fourth-order valence-corrected chi connectivity index (χ4v) is 1.80. The minimum absolute atomic E-state index is 0.0406. The van der Waals surface area contributed by atoms with Gasteiger partial charge in [-0.25, -0.2) is 0 Å². The van der Waals surface area contributed by atoms with Crippen LogP contribution in [0.1, 0.15) is 31.4 Å². The van der Waals surface area contributed by atoms with E-state index in [9.17, 15) is 0 Å². The van der Waals surface area contributed by atoms with Crippen LogP contribution in [0.4, 0.5) is 0 Å². The average Bonchev–Trinajstić information content (AvgIpc) is 2.88. The smallest absolute Gasteiger partial charge is 0.0951 e. The van der Waals surface area contributed by atoms with E-state index >= 15 is 0 Å². The largest absolute Gasteiger partial charge is 0.472 e. The average molecular weight is 195 g/mol. The molecule has 78 valence electrons. The highest BCUT2D eigenvalue weighted by molar-refractivity contribution is 5.14. The summed E-state index contributed by atoms with van der Waals surface area (Å²) in [6, 6.07) is 1.88. The molecule has 0 radical (unpaired) electrons. The second-order valence-electron chi connectivity index (χ2n) is 3.84. The molecule has 1 aliphatic rings. The van der Waals surface area contributed by atoms with Crippen LogP contribution >= 0.6 is 0 Å². The van der Waals surface area contributed by atoms with E-state index in [-0.39, 0.29) is 12.1 Å². The molecule has 2 atom stereocenters. The lowest BCUT2D eigenvalue weighted by Gasteiger charge is -2.22. The maximum Gasteiger partial charge on any atom is 0.0951 e. The maximum atomic E-state index is 6.13. The molecule has 1 aliphatic carbocycles. The van der Waals surface area contributed by atoms with Gasteiger partial charge in [-0.1, -0.05) is 0 Å². The molecule has 0 spiro atoms. The van der Waals surface area contributed by atoms with Gasteiger partial charge in [0.1, 0.15) is 0 Å². The van der Waals surface area contributed by atoms with E-state index in [4.69, 9.17) is 14.9 Å². The predicted octanol–water partition coefficient (Wildman–Crippen LogP) is 2.09. The van der Waals surface area contributed by atoms with Crippen molar-refractivity contribution in [2.24, 2.45) is 11.7 Å². The summed E-state index contributed by atoms with van der Waals surface area (Å²) < 4.78 is 10.7. The quantitative estimate of drug-likeness (QED) is 0.782. The number of ether oxygens (including phenoxy) is 1. The van der Waals surface area contributed by atoms with Crippen molar-refractivity contribution < 1.29 is 9.15 Å². The molecule has 2 N–H and O–H groups in total. The van der Waals surface area contributed by atoms with Crippen LogP contribution in [0.25, 0.3) is 0 Å². The van der Waals surface area contributed by atoms with Gasteiger partial charge in [0.25, 0.3) is 0 Å². The summed E-state index contributed by atoms with van der Waals surface area (Å²) in [7, 11) is 0. The Bertz CT molecular complexity index is 267. The normalized spacial score (nSPS) is 20.7. The van der Waals surface area contributed by atoms with Gasteiger partial charge < -0.3 is 14.9 Å². The molecule has 1 fully saturated rings. The molecule has 1 heterocycles. The van der Waals surface area contributed by atoms with Gasteiger partial charge >= 0.3 is 0 Å². The first-order valence-electron chi connectivity index (χ1n) is 5.22. The summed E-state index contributed by atoms with van der Waals surface area (Å²) in [6.07, 6.45) is 6.02. The van der Waals surface area contributed by atoms with Crippen LogP contribution in [0.2, 0.25) is 0 Å². The van der Waals surface area contributed by atoms with Crippen LogP contribution in [-0.2, 0) is 4.74 Å². The zero-order chi connectivity index (χ0) is 9.97. The highest BCUT2D eigenvalue weighted by Gasteiger charge is 2.36. The monoisotopic (exact) mass is 195 g/mol. The Kier molecular flexibility index (Phi) is 2.89. The summed E-state index contributed by atoms with van der Waals surface area (Å²) >= 11 is 0. The molecule has 2 unspecified atom stereocenters. The topological polar surface area (TPSA) is 48.4 Å². The predicted molar refractivity (Wildman–Crippen MR) is 53.8 cm³/mol. The molecule has 3 nitrogen and oxygen atoms in total. The fraction of sp³-hybridized carbons (Fsp3) is 0.636. The van der Waals surface area contributed by atoms with Gasteiger partial charge in [-0.2, -0.15) is 0 Å². The van der Waals surface area contributed by atoms with E-state index in [1.165, 1.54) is 12.8 Å². The molecule has 14 heavy (non-hydrogen) atoms. The summed E-state index contributed by atoms with van der Waals surface area (Å²) in [4.78, 5) is 0. The lowest BCUT2D eigenvalue weighted by molar-refractivity contribution is 0.0282. The van der Waals surface area contributed by atoms with Crippen molar-refractivity contribution in [2.45, 2.75) is 31.9 Å². The molecule has 0 aromatic carbocycles. The van der Waals surface area contributed by atoms with Gasteiger partial charge in [0.05, 0.1) is 24.7 Å². The summed E-state index contributed by atoms with van der Waals surface area (Å²) in [5.74, 6) is 0.653. The minimum atomic E-state index is -0.0406. The van der Waals surface area contributed by atoms with Crippen molar-refractivity contribution in [1.82, 2.24) is 0 Å². The van der Waals surface area contributed by atoms with Gasteiger partial charge in [-0.3, -0.25) is 0 Å². The van der Waals surface area contributed by atoms with Gasteiger partial charge in [-0.05, 0) is 31.7 Å². The summed E-state index contributed by atoms with van der Waals surface area (Å²) in [5, 5.41) is 0. The molecule has 1 saturated carbocycles. The Morgan fingerprint density at radius 1 is 1.64 bits per heavy atom. The van der Waals surface area contributed by atoms with Crippen LogP contribution in [-0.4, -0.2) is 12.7 Å². The second kappa shape index (κ2) is 4.15. The van der Waals surface area contributed by atoms with E-state index < -0.39 is 0 Å². The SMILES string of the molecule is CCOC(C1CC1)C(N)c1ccoc1. The third kappa shape index (κ3) is 1.99. The summed E-state index contributed by atoms with van der Waals surface area (Å²) in [6.45, 7) is 2.74. The standard InChI is InChI=1S/C11H17NO2/c1-2-14-11(8-3-4-8)10(12)9-5-6-13-7-9/h5-8,10-11H,2-4,12H2,1H3. The number of nitrogens with two attached hydrogens (primary N) is 1. The molecule has 0 aliphatic heterocycles. The van der Waals surface area contributed by atoms with Crippen LogP contribution in [0, 0.1) is 5.92 Å². The van der Waals surface area contributed by atoms with E-state index in [0.717, 1.165) is 12.2 Å². The Labute approximate surface area is 84.2 Å². The first-order chi connectivity index (χ1) is 6.83. The third-order valence-corrected chi connectivity index (χ3v) is 2.73. The number of hydrogen-bond acceptors (Lipinski definition) is 3. The molecule has 0 bridgehead atoms. The van der Waals surface area contributed by atoms with E-state index in [1.807, 2.05) is 13.0 Å². The van der Waals surface area contributed by atoms with Crippen LogP contribution < -0.4 is 5.73 Å². The molecular formula is C11H17NO2. The molecule has 1 aromatic rings. The van der Waals surface area contributed by atoms with Crippen molar-refractivity contribution in [2.75, 3.05) is 6.61 Å². The Balaban J connectivity index is 2.02. The maximum absolute atomic E-state index is 6.13. The fourth-order valence-electron chi connectivity index (χ4n) is 1.80. The van der Waals surface area contributed by atoms with Crippen LogP contribution in [0.5, 0.6) is 0 Å². The number of hydrogen-bond donors (Lipinski definition) is 1. The Hall–Kier alpha value is -0.800. The van der Waals surface area contributed by atoms with Crippen LogP contribution in [0.15, 0.2) is 23.0 Å². The van der Waals surface area contributed by atoms with Gasteiger partial charge in [0.2, 0.25) is 0 Å². The minimum Gasteiger partial charge on any atom is -0.472 e.